The van der Waals surface area contributed by atoms with Gasteiger partial charge in [0.25, 0.3) is 5.91 Å². The van der Waals surface area contributed by atoms with Gasteiger partial charge < -0.3 is 14.8 Å². The maximum atomic E-state index is 12.5. The molecule has 0 saturated heterocycles. The number of esters is 1. The van der Waals surface area contributed by atoms with Crippen molar-refractivity contribution in [2.24, 2.45) is 0 Å². The molecule has 160 valence electrons. The first-order chi connectivity index (χ1) is 14.9. The van der Waals surface area contributed by atoms with Crippen molar-refractivity contribution < 1.29 is 19.1 Å². The summed E-state index contributed by atoms with van der Waals surface area (Å²) in [4.78, 5) is 24.7. The molecule has 3 aromatic rings. The summed E-state index contributed by atoms with van der Waals surface area (Å²) in [6, 6.07) is 20.2. The van der Waals surface area contributed by atoms with Crippen LogP contribution in [0, 0.1) is 13.8 Å². The number of hydrogen-bond donors (Lipinski definition) is 1. The van der Waals surface area contributed by atoms with Gasteiger partial charge in [0, 0.05) is 17.7 Å². The summed E-state index contributed by atoms with van der Waals surface area (Å²) >= 11 is 0. The molecule has 5 nitrogen and oxygen atoms in total. The average molecular weight is 418 g/mol. The number of carbonyl (C=O) groups excluding carboxylic acids is 2. The first kappa shape index (κ1) is 22.1. The lowest BCUT2D eigenvalue weighted by atomic mass is 10.1. The van der Waals surface area contributed by atoms with Gasteiger partial charge in [-0.05, 0) is 86.3 Å². The third-order valence-corrected chi connectivity index (χ3v) is 4.84. The second kappa shape index (κ2) is 10.4. The molecule has 0 atom stereocenters. The van der Waals surface area contributed by atoms with Crippen LogP contribution < -0.4 is 14.8 Å². The molecular formula is C26H27NO4. The van der Waals surface area contributed by atoms with Crippen LogP contribution in [-0.4, -0.2) is 18.5 Å². The average Bonchev–Trinajstić information content (AvgIpc) is 2.76. The highest BCUT2D eigenvalue weighted by molar-refractivity contribution is 6.04. The Bertz CT molecular complexity index is 1040. The molecule has 0 aliphatic carbocycles. The summed E-state index contributed by atoms with van der Waals surface area (Å²) in [6.45, 7) is 6.49. The van der Waals surface area contributed by atoms with Gasteiger partial charge in [-0.15, -0.1) is 0 Å². The molecule has 0 heterocycles. The third-order valence-electron chi connectivity index (χ3n) is 4.84. The Balaban J connectivity index is 1.51. The van der Waals surface area contributed by atoms with Crippen LogP contribution in [0.15, 0.2) is 66.7 Å². The van der Waals surface area contributed by atoms with Crippen molar-refractivity contribution in [1.82, 2.24) is 0 Å². The monoisotopic (exact) mass is 417 g/mol. The molecule has 0 unspecified atom stereocenters. The van der Waals surface area contributed by atoms with Gasteiger partial charge in [0.15, 0.2) is 0 Å². The van der Waals surface area contributed by atoms with E-state index in [0.717, 1.165) is 28.1 Å². The summed E-state index contributed by atoms with van der Waals surface area (Å²) in [7, 11) is 0. The van der Waals surface area contributed by atoms with Crippen LogP contribution in [-0.2, 0) is 11.2 Å². The number of nitrogens with one attached hydrogen (secondary N) is 1. The van der Waals surface area contributed by atoms with E-state index in [4.69, 9.17) is 9.47 Å². The van der Waals surface area contributed by atoms with Crippen molar-refractivity contribution in [3.63, 3.8) is 0 Å². The van der Waals surface area contributed by atoms with Gasteiger partial charge >= 0.3 is 5.97 Å². The van der Waals surface area contributed by atoms with E-state index in [1.54, 1.807) is 24.3 Å². The minimum absolute atomic E-state index is 0.206. The molecule has 3 rings (SSSR count). The maximum absolute atomic E-state index is 12.5. The Morgan fingerprint density at radius 3 is 2.23 bits per heavy atom. The molecule has 0 aliphatic rings. The lowest BCUT2D eigenvalue weighted by molar-refractivity contribution is -0.134. The fourth-order valence-corrected chi connectivity index (χ4v) is 3.09. The highest BCUT2D eigenvalue weighted by Gasteiger charge is 2.10. The van der Waals surface area contributed by atoms with Gasteiger partial charge in [-0.25, -0.2) is 0 Å². The Labute approximate surface area is 183 Å². The smallest absolute Gasteiger partial charge is 0.311 e. The predicted molar refractivity (Wildman–Crippen MR) is 122 cm³/mol. The minimum atomic E-state index is -0.318. The van der Waals surface area contributed by atoms with E-state index in [-0.39, 0.29) is 18.3 Å². The predicted octanol–water partition coefficient (Wildman–Crippen LogP) is 5.49. The van der Waals surface area contributed by atoms with Gasteiger partial charge in [-0.3, -0.25) is 9.59 Å². The normalized spacial score (nSPS) is 10.4. The van der Waals surface area contributed by atoms with E-state index in [1.807, 2.05) is 63.2 Å². The van der Waals surface area contributed by atoms with Crippen LogP contribution >= 0.6 is 0 Å². The lowest BCUT2D eigenvalue weighted by Crippen LogP contribution is -2.13. The molecule has 3 aromatic carbocycles. The van der Waals surface area contributed by atoms with Crippen molar-refractivity contribution >= 4 is 17.6 Å². The zero-order chi connectivity index (χ0) is 22.2. The van der Waals surface area contributed by atoms with E-state index >= 15 is 0 Å². The Hall–Kier alpha value is -3.60. The van der Waals surface area contributed by atoms with Crippen LogP contribution in [0.1, 0.15) is 40.4 Å². The molecule has 31 heavy (non-hydrogen) atoms. The van der Waals surface area contributed by atoms with Crippen LogP contribution in [0.5, 0.6) is 11.5 Å². The van der Waals surface area contributed by atoms with Gasteiger partial charge in [-0.1, -0.05) is 24.3 Å². The maximum Gasteiger partial charge on any atom is 0.311 e. The zero-order valence-corrected chi connectivity index (χ0v) is 18.1. The highest BCUT2D eigenvalue weighted by atomic mass is 16.5. The van der Waals surface area contributed by atoms with Crippen molar-refractivity contribution in [1.29, 1.82) is 0 Å². The fraction of sp³-hybridized carbons (Fsp3) is 0.231. The van der Waals surface area contributed by atoms with Crippen LogP contribution in [0.25, 0.3) is 0 Å². The van der Waals surface area contributed by atoms with Gasteiger partial charge in [0.05, 0.1) is 6.61 Å². The summed E-state index contributed by atoms with van der Waals surface area (Å²) in [5.41, 5.74) is 4.40. The SMILES string of the molecule is CCOc1ccc(CCC(=O)Oc2ccc(C(=O)Nc3cc(C)ccc3C)cc2)cc1. The number of rotatable bonds is 8. The van der Waals surface area contributed by atoms with Gasteiger partial charge in [-0.2, -0.15) is 0 Å². The zero-order valence-electron chi connectivity index (χ0n) is 18.1. The number of aryl methyl sites for hydroxylation is 3. The van der Waals surface area contributed by atoms with E-state index in [1.165, 1.54) is 0 Å². The van der Waals surface area contributed by atoms with Crippen molar-refractivity contribution in [2.75, 3.05) is 11.9 Å². The van der Waals surface area contributed by atoms with Crippen LogP contribution in [0.2, 0.25) is 0 Å². The standard InChI is InChI=1S/C26H27NO4/c1-4-30-22-12-7-20(8-13-22)9-16-25(28)31-23-14-10-21(11-15-23)26(29)27-24-17-18(2)5-6-19(24)3/h5-8,10-15,17H,4,9,16H2,1-3H3,(H,27,29). The third kappa shape index (κ3) is 6.44. The summed E-state index contributed by atoms with van der Waals surface area (Å²) in [5.74, 6) is 0.707. The van der Waals surface area contributed by atoms with E-state index < -0.39 is 0 Å². The topological polar surface area (TPSA) is 64.6 Å². The quantitative estimate of drug-likeness (QED) is 0.389. The van der Waals surface area contributed by atoms with Crippen molar-refractivity contribution in [3.8, 4) is 11.5 Å². The second-order valence-electron chi connectivity index (χ2n) is 7.35. The molecule has 0 spiro atoms. The Morgan fingerprint density at radius 2 is 1.55 bits per heavy atom. The number of ether oxygens (including phenoxy) is 2. The molecular weight excluding hydrogens is 390 g/mol. The molecule has 0 fully saturated rings. The second-order valence-corrected chi connectivity index (χ2v) is 7.35. The molecule has 0 bridgehead atoms. The summed E-state index contributed by atoms with van der Waals surface area (Å²) in [6.07, 6.45) is 0.852. The van der Waals surface area contributed by atoms with Gasteiger partial charge in [0.1, 0.15) is 11.5 Å². The molecule has 1 N–H and O–H groups in total. The Kier molecular flexibility index (Phi) is 7.44. The van der Waals surface area contributed by atoms with Crippen molar-refractivity contribution in [2.45, 2.75) is 33.6 Å². The van der Waals surface area contributed by atoms with Crippen LogP contribution in [0.4, 0.5) is 5.69 Å². The number of hydrogen-bond acceptors (Lipinski definition) is 4. The summed E-state index contributed by atoms with van der Waals surface area (Å²) in [5, 5.41) is 2.92. The minimum Gasteiger partial charge on any atom is -0.494 e. The van der Waals surface area contributed by atoms with Gasteiger partial charge in [0.2, 0.25) is 0 Å². The molecule has 5 heteroatoms. The first-order valence-corrected chi connectivity index (χ1v) is 10.4. The van der Waals surface area contributed by atoms with Crippen molar-refractivity contribution in [3.05, 3.63) is 89.0 Å². The molecule has 1 amide bonds. The van der Waals surface area contributed by atoms with Crippen LogP contribution in [0.3, 0.4) is 0 Å². The Morgan fingerprint density at radius 1 is 0.871 bits per heavy atom. The number of carbonyl (C=O) groups is 2. The fourth-order valence-electron chi connectivity index (χ4n) is 3.09. The number of anilines is 1. The lowest BCUT2D eigenvalue weighted by Gasteiger charge is -2.10. The molecule has 0 aromatic heterocycles. The molecule has 0 radical (unpaired) electrons. The van der Waals surface area contributed by atoms with E-state index in [9.17, 15) is 9.59 Å². The first-order valence-electron chi connectivity index (χ1n) is 10.4. The number of benzene rings is 3. The number of amides is 1. The molecule has 0 aliphatic heterocycles. The summed E-state index contributed by atoms with van der Waals surface area (Å²) < 4.78 is 10.8. The van der Waals surface area contributed by atoms with E-state index in [2.05, 4.69) is 5.32 Å². The molecule has 0 saturated carbocycles. The highest BCUT2D eigenvalue weighted by Crippen LogP contribution is 2.19. The van der Waals surface area contributed by atoms with E-state index in [0.29, 0.717) is 24.3 Å². The largest absolute Gasteiger partial charge is 0.494 e.